The molecule has 0 N–H and O–H groups in total. The number of benzene rings is 1. The molecule has 0 aromatic heterocycles. The van der Waals surface area contributed by atoms with Gasteiger partial charge >= 0.3 is 0 Å². The molecule has 1 heteroatoms. The number of allylic oxidation sites excluding steroid dienone is 1. The van der Waals surface area contributed by atoms with E-state index < -0.39 is 0 Å². The molecule has 0 spiro atoms. The first-order chi connectivity index (χ1) is 9.96. The van der Waals surface area contributed by atoms with Crippen LogP contribution in [0.3, 0.4) is 0 Å². The van der Waals surface area contributed by atoms with Crippen LogP contribution in [0.25, 0.3) is 0 Å². The Morgan fingerprint density at radius 3 is 2.57 bits per heavy atom. The van der Waals surface area contributed by atoms with E-state index in [0.29, 0.717) is 5.92 Å². The van der Waals surface area contributed by atoms with Crippen LogP contribution in [-0.4, -0.2) is 5.71 Å². The van der Waals surface area contributed by atoms with Crippen LogP contribution in [0.5, 0.6) is 0 Å². The standard InChI is InChI=1S/C20H29N/c1-6-10-18-14-13-15(2)20(4,5)19(18)21-16(3)17-11-8-7-9-12-17/h7-9,11-12,16,18H,2,6,10,13-14H2,1,3-5H3/t16-,18?/m1/s1. The zero-order valence-corrected chi connectivity index (χ0v) is 14.0. The SMILES string of the molecule is C=C1CCC(CCC)C(=N[C@H](C)c2ccccc2)C1(C)C. The summed E-state index contributed by atoms with van der Waals surface area (Å²) in [5.41, 5.74) is 4.05. The Morgan fingerprint density at radius 1 is 1.29 bits per heavy atom. The molecular formula is C20H29N. The molecule has 0 aliphatic heterocycles. The molecule has 2 atom stereocenters. The smallest absolute Gasteiger partial charge is 0.0720 e. The molecule has 0 radical (unpaired) electrons. The molecule has 2 rings (SSSR count). The van der Waals surface area contributed by atoms with E-state index in [4.69, 9.17) is 4.99 Å². The average Bonchev–Trinajstić information content (AvgIpc) is 2.48. The van der Waals surface area contributed by atoms with Crippen molar-refractivity contribution in [2.24, 2.45) is 16.3 Å². The van der Waals surface area contributed by atoms with Gasteiger partial charge in [-0.25, -0.2) is 0 Å². The summed E-state index contributed by atoms with van der Waals surface area (Å²) in [6.07, 6.45) is 4.84. The minimum atomic E-state index is 0.0428. The first-order valence-corrected chi connectivity index (χ1v) is 8.28. The maximum absolute atomic E-state index is 5.17. The lowest BCUT2D eigenvalue weighted by Gasteiger charge is -2.40. The van der Waals surface area contributed by atoms with Crippen LogP contribution in [0.4, 0.5) is 0 Å². The maximum atomic E-state index is 5.17. The van der Waals surface area contributed by atoms with E-state index >= 15 is 0 Å². The Kier molecular flexibility index (Phi) is 5.03. The van der Waals surface area contributed by atoms with Crippen molar-refractivity contribution in [1.82, 2.24) is 0 Å². The van der Waals surface area contributed by atoms with Crippen molar-refractivity contribution in [2.45, 2.75) is 59.4 Å². The molecule has 1 saturated carbocycles. The highest BCUT2D eigenvalue weighted by atomic mass is 14.8. The van der Waals surface area contributed by atoms with E-state index in [1.165, 1.54) is 36.1 Å². The van der Waals surface area contributed by atoms with Gasteiger partial charge in [0.15, 0.2) is 0 Å². The number of hydrogen-bond donors (Lipinski definition) is 0. The van der Waals surface area contributed by atoms with Crippen LogP contribution in [0.1, 0.15) is 65.0 Å². The van der Waals surface area contributed by atoms with E-state index in [1.54, 1.807) is 0 Å². The minimum Gasteiger partial charge on any atom is -0.285 e. The number of hydrogen-bond acceptors (Lipinski definition) is 1. The molecule has 1 nitrogen and oxygen atoms in total. The molecule has 0 amide bonds. The molecule has 0 heterocycles. The summed E-state index contributed by atoms with van der Waals surface area (Å²) in [6.45, 7) is 13.4. The van der Waals surface area contributed by atoms with Gasteiger partial charge in [-0.3, -0.25) is 4.99 Å². The molecule has 1 aliphatic carbocycles. The fraction of sp³-hybridized carbons (Fsp3) is 0.550. The topological polar surface area (TPSA) is 12.4 Å². The first-order valence-electron chi connectivity index (χ1n) is 8.28. The monoisotopic (exact) mass is 283 g/mol. The van der Waals surface area contributed by atoms with Crippen molar-refractivity contribution >= 4 is 5.71 Å². The largest absolute Gasteiger partial charge is 0.285 e. The molecular weight excluding hydrogens is 254 g/mol. The summed E-state index contributed by atoms with van der Waals surface area (Å²) in [7, 11) is 0. The summed E-state index contributed by atoms with van der Waals surface area (Å²) in [5, 5.41) is 0. The van der Waals surface area contributed by atoms with Gasteiger partial charge in [-0.1, -0.05) is 69.7 Å². The summed E-state index contributed by atoms with van der Waals surface area (Å²) in [4.78, 5) is 5.17. The van der Waals surface area contributed by atoms with Gasteiger partial charge in [0.1, 0.15) is 0 Å². The van der Waals surface area contributed by atoms with Crippen molar-refractivity contribution in [2.75, 3.05) is 0 Å². The second kappa shape index (κ2) is 6.60. The molecule has 1 aliphatic rings. The number of rotatable bonds is 4. The Labute approximate surface area is 130 Å². The minimum absolute atomic E-state index is 0.0428. The Morgan fingerprint density at radius 2 is 1.95 bits per heavy atom. The number of nitrogens with zero attached hydrogens (tertiary/aromatic N) is 1. The Bertz CT molecular complexity index is 510. The van der Waals surface area contributed by atoms with E-state index in [9.17, 15) is 0 Å². The lowest BCUT2D eigenvalue weighted by atomic mass is 9.66. The third kappa shape index (κ3) is 3.45. The highest BCUT2D eigenvalue weighted by molar-refractivity contribution is 5.95. The molecule has 0 saturated heterocycles. The quantitative estimate of drug-likeness (QED) is 0.603. The number of aliphatic imine (C=N–C) groups is 1. The first kappa shape index (κ1) is 16.0. The molecule has 1 unspecified atom stereocenters. The maximum Gasteiger partial charge on any atom is 0.0720 e. The van der Waals surface area contributed by atoms with Crippen molar-refractivity contribution in [1.29, 1.82) is 0 Å². The third-order valence-electron chi connectivity index (χ3n) is 4.96. The molecule has 1 aromatic carbocycles. The Balaban J connectivity index is 2.34. The van der Waals surface area contributed by atoms with Crippen LogP contribution in [0.2, 0.25) is 0 Å². The van der Waals surface area contributed by atoms with Crippen molar-refractivity contribution in [3.8, 4) is 0 Å². The Hall–Kier alpha value is -1.37. The van der Waals surface area contributed by atoms with Gasteiger partial charge in [0.05, 0.1) is 6.04 Å². The predicted octanol–water partition coefficient (Wildman–Crippen LogP) is 5.98. The molecule has 1 aromatic rings. The van der Waals surface area contributed by atoms with E-state index in [2.05, 4.69) is 64.6 Å². The third-order valence-corrected chi connectivity index (χ3v) is 4.96. The van der Waals surface area contributed by atoms with Crippen LogP contribution >= 0.6 is 0 Å². The normalized spacial score (nSPS) is 25.0. The molecule has 0 bridgehead atoms. The van der Waals surface area contributed by atoms with Gasteiger partial charge < -0.3 is 0 Å². The zero-order chi connectivity index (χ0) is 15.5. The second-order valence-corrected chi connectivity index (χ2v) is 6.85. The van der Waals surface area contributed by atoms with Crippen molar-refractivity contribution < 1.29 is 0 Å². The lowest BCUT2D eigenvalue weighted by molar-refractivity contribution is 0.435. The highest BCUT2D eigenvalue weighted by Crippen LogP contribution is 2.42. The van der Waals surface area contributed by atoms with Crippen molar-refractivity contribution in [3.05, 3.63) is 48.0 Å². The summed E-state index contributed by atoms with van der Waals surface area (Å²) in [5.74, 6) is 0.627. The summed E-state index contributed by atoms with van der Waals surface area (Å²) >= 11 is 0. The van der Waals surface area contributed by atoms with Gasteiger partial charge in [-0.15, -0.1) is 0 Å². The van der Waals surface area contributed by atoms with Crippen LogP contribution in [-0.2, 0) is 0 Å². The lowest BCUT2D eigenvalue weighted by Crippen LogP contribution is -2.37. The molecule has 114 valence electrons. The highest BCUT2D eigenvalue weighted by Gasteiger charge is 2.37. The predicted molar refractivity (Wildman–Crippen MR) is 92.8 cm³/mol. The van der Waals surface area contributed by atoms with Gasteiger partial charge in [0.2, 0.25) is 0 Å². The van der Waals surface area contributed by atoms with Crippen molar-refractivity contribution in [3.63, 3.8) is 0 Å². The van der Waals surface area contributed by atoms with Gasteiger partial charge in [0.25, 0.3) is 0 Å². The van der Waals surface area contributed by atoms with Gasteiger partial charge in [-0.05, 0) is 37.7 Å². The fourth-order valence-corrected chi connectivity index (χ4v) is 3.40. The fourth-order valence-electron chi connectivity index (χ4n) is 3.40. The zero-order valence-electron chi connectivity index (χ0n) is 14.0. The average molecular weight is 283 g/mol. The molecule has 21 heavy (non-hydrogen) atoms. The van der Waals surface area contributed by atoms with Crippen LogP contribution in [0.15, 0.2) is 47.5 Å². The second-order valence-electron chi connectivity index (χ2n) is 6.85. The summed E-state index contributed by atoms with van der Waals surface area (Å²) < 4.78 is 0. The van der Waals surface area contributed by atoms with Gasteiger partial charge in [0, 0.05) is 11.1 Å². The van der Waals surface area contributed by atoms with E-state index in [1.807, 2.05) is 0 Å². The summed E-state index contributed by atoms with van der Waals surface area (Å²) in [6, 6.07) is 10.8. The van der Waals surface area contributed by atoms with E-state index in [-0.39, 0.29) is 11.5 Å². The van der Waals surface area contributed by atoms with Crippen LogP contribution < -0.4 is 0 Å². The van der Waals surface area contributed by atoms with E-state index in [0.717, 1.165) is 6.42 Å². The van der Waals surface area contributed by atoms with Gasteiger partial charge in [-0.2, -0.15) is 0 Å². The van der Waals surface area contributed by atoms with Crippen LogP contribution in [0, 0.1) is 11.3 Å². The molecule has 1 fully saturated rings.